The zero-order chi connectivity index (χ0) is 25.4. The minimum absolute atomic E-state index is 0.0260. The van der Waals surface area contributed by atoms with E-state index in [-0.39, 0.29) is 23.7 Å². The van der Waals surface area contributed by atoms with Crippen LogP contribution >= 0.6 is 24.0 Å². The number of amides is 1. The predicted molar refractivity (Wildman–Crippen MR) is 151 cm³/mol. The maximum Gasteiger partial charge on any atom is 0.266 e. The molecule has 0 N–H and O–H groups in total. The number of aryl methyl sites for hydroxylation is 1. The topological polar surface area (TPSA) is 54.8 Å². The summed E-state index contributed by atoms with van der Waals surface area (Å²) in [6.07, 6.45) is 1.81. The van der Waals surface area contributed by atoms with Crippen molar-refractivity contribution in [1.29, 1.82) is 0 Å². The number of para-hydroxylation sites is 1. The number of hydrogen-bond acceptors (Lipinski definition) is 6. The van der Waals surface area contributed by atoms with Gasteiger partial charge >= 0.3 is 0 Å². The lowest BCUT2D eigenvalue weighted by atomic mass is 10.0. The lowest BCUT2D eigenvalue weighted by Gasteiger charge is -2.38. The van der Waals surface area contributed by atoms with E-state index in [0.717, 1.165) is 22.2 Å². The molecule has 6 nitrogen and oxygen atoms in total. The summed E-state index contributed by atoms with van der Waals surface area (Å²) in [4.78, 5) is 31.7. The number of carbonyl (C=O) groups excluding carboxylic acids is 1. The third-order valence-corrected chi connectivity index (χ3v) is 7.94. The Morgan fingerprint density at radius 1 is 1.03 bits per heavy atom. The zero-order valence-corrected chi connectivity index (χ0v) is 22.3. The second-order valence-corrected chi connectivity index (χ2v) is 10.9. The van der Waals surface area contributed by atoms with Crippen molar-refractivity contribution in [1.82, 2.24) is 9.47 Å². The number of anilines is 1. The van der Waals surface area contributed by atoms with Gasteiger partial charge in [-0.1, -0.05) is 72.5 Å². The third kappa shape index (κ3) is 4.61. The molecule has 3 aromatic rings. The Labute approximate surface area is 220 Å². The van der Waals surface area contributed by atoms with Crippen LogP contribution in [0.15, 0.2) is 64.3 Å². The summed E-state index contributed by atoms with van der Waals surface area (Å²) < 4.78 is 8.26. The number of thiocarbonyl (C=S) groups is 1. The Hall–Kier alpha value is -2.94. The fraction of sp³-hybridized carbons (Fsp3) is 0.321. The molecule has 8 heteroatoms. The summed E-state index contributed by atoms with van der Waals surface area (Å²) in [5.41, 5.74) is 3.17. The van der Waals surface area contributed by atoms with Crippen LogP contribution < -0.4 is 10.5 Å². The van der Waals surface area contributed by atoms with Crippen molar-refractivity contribution in [2.24, 2.45) is 0 Å². The van der Waals surface area contributed by atoms with Crippen molar-refractivity contribution in [3.05, 3.63) is 81.0 Å². The number of carbonyl (C=O) groups is 1. The molecule has 0 spiro atoms. The SMILES string of the molecule is CCn1c(=O)c(C=C2SC(=S)N(Cc3ccccc3)C2=O)c(N2CC(C)OC(C)C2)c2ccccc21. The molecule has 3 heterocycles. The zero-order valence-electron chi connectivity index (χ0n) is 20.6. The molecule has 36 heavy (non-hydrogen) atoms. The fourth-order valence-corrected chi connectivity index (χ4v) is 6.33. The largest absolute Gasteiger partial charge is 0.372 e. The van der Waals surface area contributed by atoms with E-state index in [4.69, 9.17) is 17.0 Å². The molecule has 186 valence electrons. The van der Waals surface area contributed by atoms with Crippen LogP contribution in [0, 0.1) is 0 Å². The highest BCUT2D eigenvalue weighted by Gasteiger charge is 2.34. The van der Waals surface area contributed by atoms with Crippen molar-refractivity contribution in [2.75, 3.05) is 18.0 Å². The number of pyridine rings is 1. The van der Waals surface area contributed by atoms with Crippen LogP contribution in [0.3, 0.4) is 0 Å². The van der Waals surface area contributed by atoms with E-state index >= 15 is 0 Å². The van der Waals surface area contributed by atoms with Gasteiger partial charge in [0.2, 0.25) is 0 Å². The maximum atomic E-state index is 13.9. The Kier molecular flexibility index (Phi) is 7.01. The summed E-state index contributed by atoms with van der Waals surface area (Å²) >= 11 is 6.83. The van der Waals surface area contributed by atoms with E-state index in [1.54, 1.807) is 15.5 Å². The molecule has 2 aromatic carbocycles. The lowest BCUT2D eigenvalue weighted by molar-refractivity contribution is -0.122. The van der Waals surface area contributed by atoms with Gasteiger partial charge in [-0.25, -0.2) is 0 Å². The maximum absolute atomic E-state index is 13.9. The predicted octanol–water partition coefficient (Wildman–Crippen LogP) is 5.04. The van der Waals surface area contributed by atoms with Crippen molar-refractivity contribution in [3.8, 4) is 0 Å². The Balaban J connectivity index is 1.64. The smallest absolute Gasteiger partial charge is 0.266 e. The Morgan fingerprint density at radius 3 is 2.39 bits per heavy atom. The number of fused-ring (bicyclic) bond motifs is 1. The Morgan fingerprint density at radius 2 is 1.69 bits per heavy atom. The van der Waals surface area contributed by atoms with Crippen molar-refractivity contribution < 1.29 is 9.53 Å². The number of thioether (sulfide) groups is 1. The first-order chi connectivity index (χ1) is 17.4. The molecular formula is C28H29N3O3S2. The number of aromatic nitrogens is 1. The summed E-state index contributed by atoms with van der Waals surface area (Å²) in [5.74, 6) is -0.167. The van der Waals surface area contributed by atoms with Gasteiger partial charge in [0.25, 0.3) is 11.5 Å². The summed E-state index contributed by atoms with van der Waals surface area (Å²) in [6, 6.07) is 17.8. The van der Waals surface area contributed by atoms with Gasteiger partial charge in [-0.05, 0) is 38.5 Å². The minimum Gasteiger partial charge on any atom is -0.372 e. The molecular weight excluding hydrogens is 490 g/mol. The van der Waals surface area contributed by atoms with Gasteiger partial charge in [-0.3, -0.25) is 14.5 Å². The summed E-state index contributed by atoms with van der Waals surface area (Å²) in [7, 11) is 0. The van der Waals surface area contributed by atoms with Gasteiger partial charge in [-0.2, -0.15) is 0 Å². The normalized spacial score (nSPS) is 21.7. The van der Waals surface area contributed by atoms with Crippen LogP contribution in [0.25, 0.3) is 17.0 Å². The molecule has 1 amide bonds. The van der Waals surface area contributed by atoms with E-state index in [2.05, 4.69) is 11.0 Å². The third-order valence-electron chi connectivity index (χ3n) is 6.57. The van der Waals surface area contributed by atoms with E-state index in [1.807, 2.05) is 69.3 Å². The molecule has 0 radical (unpaired) electrons. The van der Waals surface area contributed by atoms with E-state index in [1.165, 1.54) is 11.8 Å². The molecule has 2 atom stereocenters. The quantitative estimate of drug-likeness (QED) is 0.348. The number of ether oxygens (including phenoxy) is 1. The average Bonchev–Trinajstić information content (AvgIpc) is 3.12. The molecule has 2 aliphatic heterocycles. The fourth-order valence-electron chi connectivity index (χ4n) is 5.09. The number of nitrogens with zero attached hydrogens (tertiary/aromatic N) is 3. The second kappa shape index (κ2) is 10.2. The standard InChI is InChI=1S/C28H29N3O3S2/c1-4-30-23-13-9-8-12-21(23)25(29-15-18(2)34-19(3)16-29)22(26(30)32)14-24-27(33)31(28(35)36-24)17-20-10-6-5-7-11-20/h5-14,18-19H,4,15-17H2,1-3H3. The van der Waals surface area contributed by atoms with Gasteiger partial charge in [0.1, 0.15) is 4.32 Å². The second-order valence-electron chi connectivity index (χ2n) is 9.24. The first-order valence-corrected chi connectivity index (χ1v) is 13.4. The van der Waals surface area contributed by atoms with E-state index in [9.17, 15) is 9.59 Å². The van der Waals surface area contributed by atoms with Crippen LogP contribution in [0.2, 0.25) is 0 Å². The monoisotopic (exact) mass is 519 g/mol. The van der Waals surface area contributed by atoms with Crippen LogP contribution in [0.5, 0.6) is 0 Å². The molecule has 0 bridgehead atoms. The highest BCUT2D eigenvalue weighted by atomic mass is 32.2. The molecule has 2 aliphatic rings. The van der Waals surface area contributed by atoms with Crippen molar-refractivity contribution >= 4 is 56.9 Å². The van der Waals surface area contributed by atoms with Gasteiger partial charge in [0.15, 0.2) is 0 Å². The van der Waals surface area contributed by atoms with Gasteiger partial charge in [0.05, 0.1) is 40.4 Å². The van der Waals surface area contributed by atoms with Crippen molar-refractivity contribution in [2.45, 2.75) is 46.1 Å². The first-order valence-electron chi connectivity index (χ1n) is 12.2. The molecule has 0 saturated carbocycles. The van der Waals surface area contributed by atoms with Gasteiger partial charge in [0, 0.05) is 25.0 Å². The van der Waals surface area contributed by atoms with Crippen LogP contribution in [-0.2, 0) is 22.6 Å². The first kappa shape index (κ1) is 24.7. The van der Waals surface area contributed by atoms with E-state index in [0.29, 0.717) is 41.0 Å². The van der Waals surface area contributed by atoms with Gasteiger partial charge < -0.3 is 14.2 Å². The summed E-state index contributed by atoms with van der Waals surface area (Å²) in [5, 5.41) is 0.992. The molecule has 2 saturated heterocycles. The van der Waals surface area contributed by atoms with Crippen LogP contribution in [0.4, 0.5) is 5.69 Å². The number of morpholine rings is 1. The van der Waals surface area contributed by atoms with E-state index < -0.39 is 0 Å². The highest BCUT2D eigenvalue weighted by Crippen LogP contribution is 2.37. The molecule has 1 aromatic heterocycles. The van der Waals surface area contributed by atoms with Crippen molar-refractivity contribution in [3.63, 3.8) is 0 Å². The highest BCUT2D eigenvalue weighted by molar-refractivity contribution is 8.26. The van der Waals surface area contributed by atoms with Gasteiger partial charge in [-0.15, -0.1) is 0 Å². The molecule has 2 fully saturated rings. The molecule has 0 aliphatic carbocycles. The number of hydrogen-bond donors (Lipinski definition) is 0. The number of benzene rings is 2. The minimum atomic E-state index is -0.167. The summed E-state index contributed by atoms with van der Waals surface area (Å²) in [6.45, 7) is 8.34. The number of rotatable bonds is 5. The molecule has 5 rings (SSSR count). The average molecular weight is 520 g/mol. The molecule has 2 unspecified atom stereocenters. The van der Waals surface area contributed by atoms with Crippen LogP contribution in [-0.4, -0.2) is 45.0 Å². The Bertz CT molecular complexity index is 1410. The van der Waals surface area contributed by atoms with Crippen LogP contribution in [0.1, 0.15) is 31.9 Å². The lowest BCUT2D eigenvalue weighted by Crippen LogP contribution is -2.46.